The number of carbonyl (C=O) groups is 2. The predicted octanol–water partition coefficient (Wildman–Crippen LogP) is 1.10. The van der Waals surface area contributed by atoms with Crippen molar-refractivity contribution in [1.29, 1.82) is 0 Å². The molecule has 1 amide bonds. The number of rotatable bonds is 4. The number of piperidine rings is 1. The second-order valence-electron chi connectivity index (χ2n) is 4.75. The van der Waals surface area contributed by atoms with E-state index in [-0.39, 0.29) is 24.4 Å². The van der Waals surface area contributed by atoms with Crippen molar-refractivity contribution in [2.45, 2.75) is 18.9 Å². The highest BCUT2D eigenvalue weighted by Crippen LogP contribution is 2.18. The highest BCUT2D eigenvalue weighted by atomic mass is 16.5. The lowest BCUT2D eigenvalue weighted by Gasteiger charge is -2.31. The van der Waals surface area contributed by atoms with Crippen molar-refractivity contribution < 1.29 is 24.5 Å². The maximum atomic E-state index is 12.2. The lowest BCUT2D eigenvalue weighted by Crippen LogP contribution is -2.41. The molecule has 0 saturated carbocycles. The third-order valence-corrected chi connectivity index (χ3v) is 3.26. The molecule has 1 aliphatic heterocycles. The van der Waals surface area contributed by atoms with Gasteiger partial charge in [0.2, 0.25) is 0 Å². The summed E-state index contributed by atoms with van der Waals surface area (Å²) in [6, 6.07) is 6.25. The van der Waals surface area contributed by atoms with Gasteiger partial charge < -0.3 is 19.8 Å². The fourth-order valence-corrected chi connectivity index (χ4v) is 2.24. The molecule has 20 heavy (non-hydrogen) atoms. The number of aromatic hydroxyl groups is 1. The maximum Gasteiger partial charge on any atom is 0.329 e. The Morgan fingerprint density at radius 2 is 2.00 bits per heavy atom. The molecule has 0 radical (unpaired) electrons. The molecule has 0 spiro atoms. The number of nitrogens with zero attached hydrogens (tertiary/aromatic N) is 1. The van der Waals surface area contributed by atoms with E-state index in [1.807, 2.05) is 0 Å². The van der Waals surface area contributed by atoms with Crippen LogP contribution in [0.2, 0.25) is 0 Å². The Hall–Kier alpha value is -2.08. The minimum Gasteiger partial charge on any atom is -0.508 e. The van der Waals surface area contributed by atoms with Crippen LogP contribution < -0.4 is 0 Å². The van der Waals surface area contributed by atoms with E-state index in [9.17, 15) is 14.7 Å². The fraction of sp³-hybridized carbons (Fsp3) is 0.429. The summed E-state index contributed by atoms with van der Waals surface area (Å²) < 4.78 is 5.22. The molecule has 0 aliphatic carbocycles. The Morgan fingerprint density at radius 3 is 2.60 bits per heavy atom. The summed E-state index contributed by atoms with van der Waals surface area (Å²) in [7, 11) is 0. The summed E-state index contributed by atoms with van der Waals surface area (Å²) in [5.41, 5.74) is 0.454. The summed E-state index contributed by atoms with van der Waals surface area (Å²) in [6.07, 6.45) is 1.13. The molecule has 1 aromatic carbocycles. The van der Waals surface area contributed by atoms with E-state index >= 15 is 0 Å². The first-order chi connectivity index (χ1) is 9.56. The van der Waals surface area contributed by atoms with Crippen LogP contribution in [0, 0.1) is 0 Å². The van der Waals surface area contributed by atoms with Crippen LogP contribution in [0.5, 0.6) is 5.75 Å². The van der Waals surface area contributed by atoms with Crippen molar-refractivity contribution in [3.63, 3.8) is 0 Å². The second kappa shape index (κ2) is 6.38. The number of ether oxygens (including phenoxy) is 1. The lowest BCUT2D eigenvalue weighted by atomic mass is 10.1. The molecule has 0 unspecified atom stereocenters. The summed E-state index contributed by atoms with van der Waals surface area (Å²) in [5, 5.41) is 17.9. The topological polar surface area (TPSA) is 87.1 Å². The summed E-state index contributed by atoms with van der Waals surface area (Å²) in [5.74, 6) is -1.05. The van der Waals surface area contributed by atoms with Crippen LogP contribution in [0.4, 0.5) is 0 Å². The van der Waals surface area contributed by atoms with Gasteiger partial charge in [0, 0.05) is 18.7 Å². The van der Waals surface area contributed by atoms with E-state index in [1.165, 1.54) is 12.1 Å². The predicted molar refractivity (Wildman–Crippen MR) is 70.6 cm³/mol. The van der Waals surface area contributed by atoms with Gasteiger partial charge in [-0.15, -0.1) is 0 Å². The van der Waals surface area contributed by atoms with Gasteiger partial charge >= 0.3 is 5.97 Å². The number of carboxylic acids is 1. The van der Waals surface area contributed by atoms with E-state index in [0.717, 1.165) is 0 Å². The van der Waals surface area contributed by atoms with Crippen molar-refractivity contribution in [3.8, 4) is 5.75 Å². The highest BCUT2D eigenvalue weighted by Gasteiger charge is 2.24. The molecule has 1 fully saturated rings. The Labute approximate surface area is 116 Å². The molecule has 2 rings (SSSR count). The average Bonchev–Trinajstić information content (AvgIpc) is 2.45. The SMILES string of the molecule is O=C(O)COC1CCN(C(=O)c2cccc(O)c2)CC1. The van der Waals surface area contributed by atoms with E-state index in [0.29, 0.717) is 31.5 Å². The van der Waals surface area contributed by atoms with Crippen molar-refractivity contribution >= 4 is 11.9 Å². The van der Waals surface area contributed by atoms with Crippen LogP contribution in [0.15, 0.2) is 24.3 Å². The molecular formula is C14H17NO5. The number of phenols is 1. The van der Waals surface area contributed by atoms with Crippen LogP contribution in [-0.4, -0.2) is 52.8 Å². The lowest BCUT2D eigenvalue weighted by molar-refractivity contribution is -0.145. The van der Waals surface area contributed by atoms with Crippen LogP contribution >= 0.6 is 0 Å². The molecule has 1 aromatic rings. The highest BCUT2D eigenvalue weighted by molar-refractivity contribution is 5.94. The normalized spacial score (nSPS) is 16.1. The van der Waals surface area contributed by atoms with Gasteiger partial charge in [-0.3, -0.25) is 4.79 Å². The van der Waals surface area contributed by atoms with Gasteiger partial charge in [0.15, 0.2) is 0 Å². The first-order valence-corrected chi connectivity index (χ1v) is 6.48. The van der Waals surface area contributed by atoms with Gasteiger partial charge in [0.1, 0.15) is 12.4 Å². The van der Waals surface area contributed by atoms with Crippen molar-refractivity contribution in [1.82, 2.24) is 4.90 Å². The Morgan fingerprint density at radius 1 is 1.30 bits per heavy atom. The number of likely N-dealkylation sites (tertiary alicyclic amines) is 1. The minimum atomic E-state index is -0.983. The van der Waals surface area contributed by atoms with Crippen molar-refractivity contribution in [3.05, 3.63) is 29.8 Å². The number of carboxylic acid groups (broad SMARTS) is 1. The molecule has 6 heteroatoms. The number of benzene rings is 1. The fourth-order valence-electron chi connectivity index (χ4n) is 2.24. The maximum absolute atomic E-state index is 12.2. The van der Waals surface area contributed by atoms with Gasteiger partial charge in [-0.25, -0.2) is 4.79 Å². The van der Waals surface area contributed by atoms with E-state index in [4.69, 9.17) is 9.84 Å². The van der Waals surface area contributed by atoms with Crippen LogP contribution in [0.25, 0.3) is 0 Å². The molecule has 0 aromatic heterocycles. The minimum absolute atomic E-state index is 0.0653. The molecule has 1 heterocycles. The zero-order valence-electron chi connectivity index (χ0n) is 11.0. The Balaban J connectivity index is 1.87. The second-order valence-corrected chi connectivity index (χ2v) is 4.75. The quantitative estimate of drug-likeness (QED) is 0.861. The van der Waals surface area contributed by atoms with E-state index in [1.54, 1.807) is 17.0 Å². The number of aliphatic carboxylic acids is 1. The summed E-state index contributed by atoms with van der Waals surface area (Å²) in [4.78, 5) is 24.3. The first kappa shape index (κ1) is 14.3. The largest absolute Gasteiger partial charge is 0.508 e. The monoisotopic (exact) mass is 279 g/mol. The van der Waals surface area contributed by atoms with Gasteiger partial charge in [-0.05, 0) is 31.0 Å². The molecule has 108 valence electrons. The van der Waals surface area contributed by atoms with Crippen LogP contribution in [-0.2, 0) is 9.53 Å². The molecule has 2 N–H and O–H groups in total. The van der Waals surface area contributed by atoms with Gasteiger partial charge in [0.05, 0.1) is 6.10 Å². The molecule has 6 nitrogen and oxygen atoms in total. The number of hydrogen-bond donors (Lipinski definition) is 2. The smallest absolute Gasteiger partial charge is 0.329 e. The first-order valence-electron chi connectivity index (χ1n) is 6.48. The van der Waals surface area contributed by atoms with Gasteiger partial charge in [-0.1, -0.05) is 6.07 Å². The summed E-state index contributed by atoms with van der Waals surface area (Å²) in [6.45, 7) is 0.753. The average molecular weight is 279 g/mol. The standard InChI is InChI=1S/C14H17NO5/c16-11-3-1-2-10(8-11)14(19)15-6-4-12(5-7-15)20-9-13(17)18/h1-3,8,12,16H,4-7,9H2,(H,17,18). The van der Waals surface area contributed by atoms with Crippen molar-refractivity contribution in [2.24, 2.45) is 0 Å². The Kier molecular flexibility index (Phi) is 4.57. The van der Waals surface area contributed by atoms with E-state index < -0.39 is 5.97 Å². The third-order valence-electron chi connectivity index (χ3n) is 3.26. The zero-order valence-corrected chi connectivity index (χ0v) is 11.0. The summed E-state index contributed by atoms with van der Waals surface area (Å²) >= 11 is 0. The molecule has 1 saturated heterocycles. The molecule has 1 aliphatic rings. The molecule has 0 bridgehead atoms. The third kappa shape index (κ3) is 3.71. The Bertz CT molecular complexity index is 494. The number of hydrogen-bond acceptors (Lipinski definition) is 4. The van der Waals surface area contributed by atoms with Gasteiger partial charge in [0.25, 0.3) is 5.91 Å². The van der Waals surface area contributed by atoms with Crippen molar-refractivity contribution in [2.75, 3.05) is 19.7 Å². The van der Waals surface area contributed by atoms with E-state index in [2.05, 4.69) is 0 Å². The number of amides is 1. The molecule has 0 atom stereocenters. The van der Waals surface area contributed by atoms with Crippen LogP contribution in [0.3, 0.4) is 0 Å². The molecular weight excluding hydrogens is 262 g/mol. The number of carbonyl (C=O) groups excluding carboxylic acids is 1. The van der Waals surface area contributed by atoms with Gasteiger partial charge in [-0.2, -0.15) is 0 Å². The number of phenolic OH excluding ortho intramolecular Hbond substituents is 1. The zero-order chi connectivity index (χ0) is 14.5. The van der Waals surface area contributed by atoms with Crippen LogP contribution in [0.1, 0.15) is 23.2 Å².